The standard InChI is InChI=1S/C22H22N4O3/c1-15(27)25-17-5-7-18(8-6-17)26-19-9-12-21(23-14-19)22(28)24-13-16-3-10-20(29-2)11-4-16/h3-12,14,26H,13H2,1-2H3,(H,24,28)(H,25,27). The topological polar surface area (TPSA) is 92.4 Å². The Hall–Kier alpha value is -3.87. The number of anilines is 3. The summed E-state index contributed by atoms with van der Waals surface area (Å²) in [5.41, 5.74) is 3.64. The highest BCUT2D eigenvalue weighted by Crippen LogP contribution is 2.18. The van der Waals surface area contributed by atoms with Gasteiger partial charge in [-0.05, 0) is 54.1 Å². The molecule has 1 heterocycles. The van der Waals surface area contributed by atoms with Gasteiger partial charge in [0, 0.05) is 24.8 Å². The first kappa shape index (κ1) is 19.9. The molecular weight excluding hydrogens is 368 g/mol. The van der Waals surface area contributed by atoms with Gasteiger partial charge < -0.3 is 20.7 Å². The largest absolute Gasteiger partial charge is 0.497 e. The van der Waals surface area contributed by atoms with Gasteiger partial charge in [0.25, 0.3) is 5.91 Å². The Bertz CT molecular complexity index is 968. The molecule has 7 nitrogen and oxygen atoms in total. The molecule has 3 rings (SSSR count). The maximum atomic E-state index is 12.3. The molecule has 2 aromatic carbocycles. The fourth-order valence-electron chi connectivity index (χ4n) is 2.63. The Labute approximate surface area is 169 Å². The molecular formula is C22H22N4O3. The number of benzene rings is 2. The Kier molecular flexibility index (Phi) is 6.42. The Morgan fingerprint density at radius 1 is 0.897 bits per heavy atom. The number of carbonyl (C=O) groups is 2. The zero-order valence-corrected chi connectivity index (χ0v) is 16.2. The van der Waals surface area contributed by atoms with Crippen LogP contribution in [0.4, 0.5) is 17.1 Å². The fourth-order valence-corrected chi connectivity index (χ4v) is 2.63. The summed E-state index contributed by atoms with van der Waals surface area (Å²) in [6.45, 7) is 1.87. The minimum atomic E-state index is -0.243. The highest BCUT2D eigenvalue weighted by atomic mass is 16.5. The van der Waals surface area contributed by atoms with Crippen molar-refractivity contribution in [1.29, 1.82) is 0 Å². The van der Waals surface area contributed by atoms with Crippen molar-refractivity contribution in [3.63, 3.8) is 0 Å². The molecule has 0 fully saturated rings. The van der Waals surface area contributed by atoms with Crippen LogP contribution in [-0.2, 0) is 11.3 Å². The molecule has 0 radical (unpaired) electrons. The molecule has 3 aromatic rings. The molecule has 0 aliphatic rings. The van der Waals surface area contributed by atoms with Crippen molar-refractivity contribution in [2.24, 2.45) is 0 Å². The van der Waals surface area contributed by atoms with Gasteiger partial charge in [0.2, 0.25) is 5.91 Å². The lowest BCUT2D eigenvalue weighted by Crippen LogP contribution is -2.23. The van der Waals surface area contributed by atoms with Gasteiger partial charge in [-0.2, -0.15) is 0 Å². The van der Waals surface area contributed by atoms with Crippen LogP contribution >= 0.6 is 0 Å². The molecule has 0 saturated carbocycles. The first-order valence-electron chi connectivity index (χ1n) is 9.05. The van der Waals surface area contributed by atoms with Crippen LogP contribution in [0.2, 0.25) is 0 Å². The fraction of sp³-hybridized carbons (Fsp3) is 0.136. The van der Waals surface area contributed by atoms with Crippen molar-refractivity contribution in [2.75, 3.05) is 17.7 Å². The van der Waals surface area contributed by atoms with E-state index in [0.717, 1.165) is 28.4 Å². The number of pyridine rings is 1. The smallest absolute Gasteiger partial charge is 0.270 e. The lowest BCUT2D eigenvalue weighted by molar-refractivity contribution is -0.114. The highest BCUT2D eigenvalue weighted by Gasteiger charge is 2.07. The van der Waals surface area contributed by atoms with Crippen molar-refractivity contribution < 1.29 is 14.3 Å². The molecule has 3 N–H and O–H groups in total. The van der Waals surface area contributed by atoms with Gasteiger partial charge in [0.05, 0.1) is 19.0 Å². The highest BCUT2D eigenvalue weighted by molar-refractivity contribution is 5.92. The van der Waals surface area contributed by atoms with E-state index in [0.29, 0.717) is 12.2 Å². The van der Waals surface area contributed by atoms with Crippen molar-refractivity contribution >= 4 is 28.9 Å². The number of nitrogens with zero attached hydrogens (tertiary/aromatic N) is 1. The third-order valence-corrected chi connectivity index (χ3v) is 4.10. The summed E-state index contributed by atoms with van der Waals surface area (Å²) in [6.07, 6.45) is 1.60. The van der Waals surface area contributed by atoms with Crippen LogP contribution in [0.25, 0.3) is 0 Å². The van der Waals surface area contributed by atoms with Crippen LogP contribution in [0.3, 0.4) is 0 Å². The second-order valence-electron chi connectivity index (χ2n) is 6.35. The van der Waals surface area contributed by atoms with E-state index in [9.17, 15) is 9.59 Å². The predicted octanol–water partition coefficient (Wildman–Crippen LogP) is 3.72. The third kappa shape index (κ3) is 5.80. The van der Waals surface area contributed by atoms with Gasteiger partial charge in [-0.15, -0.1) is 0 Å². The van der Waals surface area contributed by atoms with E-state index in [4.69, 9.17) is 4.74 Å². The zero-order chi connectivity index (χ0) is 20.6. The first-order chi connectivity index (χ1) is 14.0. The molecule has 29 heavy (non-hydrogen) atoms. The van der Waals surface area contributed by atoms with Crippen molar-refractivity contribution in [3.8, 4) is 5.75 Å². The van der Waals surface area contributed by atoms with Gasteiger partial charge in [-0.25, -0.2) is 4.98 Å². The lowest BCUT2D eigenvalue weighted by Gasteiger charge is -2.09. The molecule has 148 valence electrons. The average molecular weight is 390 g/mol. The molecule has 0 spiro atoms. The molecule has 0 saturated heterocycles. The second kappa shape index (κ2) is 9.36. The summed E-state index contributed by atoms with van der Waals surface area (Å²) in [6, 6.07) is 18.3. The van der Waals surface area contributed by atoms with Crippen molar-refractivity contribution in [3.05, 3.63) is 78.1 Å². The number of nitrogens with one attached hydrogen (secondary N) is 3. The van der Waals surface area contributed by atoms with E-state index in [-0.39, 0.29) is 11.8 Å². The molecule has 0 atom stereocenters. The second-order valence-corrected chi connectivity index (χ2v) is 6.35. The van der Waals surface area contributed by atoms with Gasteiger partial charge in [-0.3, -0.25) is 9.59 Å². The van der Waals surface area contributed by atoms with Gasteiger partial charge in [-0.1, -0.05) is 12.1 Å². The average Bonchev–Trinajstić information content (AvgIpc) is 2.74. The molecule has 0 bridgehead atoms. The number of methoxy groups -OCH3 is 1. The normalized spacial score (nSPS) is 10.1. The minimum absolute atomic E-state index is 0.115. The maximum Gasteiger partial charge on any atom is 0.270 e. The van der Waals surface area contributed by atoms with E-state index in [1.807, 2.05) is 36.4 Å². The van der Waals surface area contributed by atoms with Gasteiger partial charge >= 0.3 is 0 Å². The van der Waals surface area contributed by atoms with Crippen LogP contribution in [0.5, 0.6) is 5.75 Å². The number of hydrogen-bond acceptors (Lipinski definition) is 5. The molecule has 7 heteroatoms. The predicted molar refractivity (Wildman–Crippen MR) is 112 cm³/mol. The first-order valence-corrected chi connectivity index (χ1v) is 9.05. The SMILES string of the molecule is COc1ccc(CNC(=O)c2ccc(Nc3ccc(NC(C)=O)cc3)cn2)cc1. The van der Waals surface area contributed by atoms with Crippen LogP contribution in [0, 0.1) is 0 Å². The Morgan fingerprint density at radius 2 is 1.55 bits per heavy atom. The molecule has 0 aliphatic heterocycles. The van der Waals surface area contributed by atoms with E-state index in [1.54, 1.807) is 37.6 Å². The Morgan fingerprint density at radius 3 is 2.14 bits per heavy atom. The number of rotatable bonds is 7. The number of hydrogen-bond donors (Lipinski definition) is 3. The monoisotopic (exact) mass is 390 g/mol. The van der Waals surface area contributed by atoms with E-state index in [2.05, 4.69) is 20.9 Å². The number of ether oxygens (including phenoxy) is 1. The summed E-state index contributed by atoms with van der Waals surface area (Å²) in [5.74, 6) is 0.414. The summed E-state index contributed by atoms with van der Waals surface area (Å²) in [4.78, 5) is 27.6. The van der Waals surface area contributed by atoms with Crippen molar-refractivity contribution in [1.82, 2.24) is 10.3 Å². The van der Waals surface area contributed by atoms with Crippen LogP contribution < -0.4 is 20.7 Å². The minimum Gasteiger partial charge on any atom is -0.497 e. The Balaban J connectivity index is 1.54. The lowest BCUT2D eigenvalue weighted by atomic mass is 10.2. The number of amides is 2. The van der Waals surface area contributed by atoms with Crippen molar-refractivity contribution in [2.45, 2.75) is 13.5 Å². The summed E-state index contributed by atoms with van der Waals surface area (Å²) < 4.78 is 5.12. The van der Waals surface area contributed by atoms with E-state index in [1.165, 1.54) is 6.92 Å². The van der Waals surface area contributed by atoms with Gasteiger partial charge in [0.15, 0.2) is 0 Å². The number of carbonyl (C=O) groups excluding carboxylic acids is 2. The quantitative estimate of drug-likeness (QED) is 0.572. The molecule has 1 aromatic heterocycles. The summed E-state index contributed by atoms with van der Waals surface area (Å²) >= 11 is 0. The van der Waals surface area contributed by atoms with Crippen LogP contribution in [-0.4, -0.2) is 23.9 Å². The molecule has 0 unspecified atom stereocenters. The molecule has 2 amide bonds. The maximum absolute atomic E-state index is 12.3. The van der Waals surface area contributed by atoms with E-state index >= 15 is 0 Å². The number of aromatic nitrogens is 1. The van der Waals surface area contributed by atoms with E-state index < -0.39 is 0 Å². The zero-order valence-electron chi connectivity index (χ0n) is 16.2. The van der Waals surface area contributed by atoms with Gasteiger partial charge in [0.1, 0.15) is 11.4 Å². The van der Waals surface area contributed by atoms with Crippen LogP contribution in [0.1, 0.15) is 23.0 Å². The molecule has 0 aliphatic carbocycles. The van der Waals surface area contributed by atoms with Crippen LogP contribution in [0.15, 0.2) is 66.9 Å². The third-order valence-electron chi connectivity index (χ3n) is 4.10. The summed E-state index contributed by atoms with van der Waals surface area (Å²) in [5, 5.41) is 8.76. The summed E-state index contributed by atoms with van der Waals surface area (Å²) in [7, 11) is 1.61.